The Morgan fingerprint density at radius 2 is 2.19 bits per heavy atom. The van der Waals surface area contributed by atoms with Gasteiger partial charge in [-0.2, -0.15) is 0 Å². The van der Waals surface area contributed by atoms with E-state index in [9.17, 15) is 4.79 Å². The summed E-state index contributed by atoms with van der Waals surface area (Å²) in [5.41, 5.74) is 0.984. The standard InChI is InChI=1S/C15H22N4O2/c1-11(2)18-5-3-4-12(10-18)13-8-16-9-14(17-13)19-6-7-21-15(19)20/h8-9,11-12H,3-7,10H2,1-2H3/t12-/m0/s1. The fraction of sp³-hybridized carbons (Fsp3) is 0.667. The summed E-state index contributed by atoms with van der Waals surface area (Å²) in [5, 5.41) is 0. The molecule has 0 aliphatic carbocycles. The molecule has 21 heavy (non-hydrogen) atoms. The van der Waals surface area contributed by atoms with Crippen LogP contribution in [-0.4, -0.2) is 53.2 Å². The molecule has 2 saturated heterocycles. The van der Waals surface area contributed by atoms with Crippen molar-refractivity contribution in [2.24, 2.45) is 0 Å². The lowest BCUT2D eigenvalue weighted by atomic mass is 9.94. The van der Waals surface area contributed by atoms with Crippen LogP contribution in [0.3, 0.4) is 0 Å². The van der Waals surface area contributed by atoms with Crippen molar-refractivity contribution in [3.8, 4) is 0 Å². The minimum Gasteiger partial charge on any atom is -0.447 e. The highest BCUT2D eigenvalue weighted by molar-refractivity contribution is 5.87. The number of amides is 1. The molecule has 2 fully saturated rings. The van der Waals surface area contributed by atoms with Gasteiger partial charge in [0.25, 0.3) is 0 Å². The maximum atomic E-state index is 11.6. The zero-order valence-corrected chi connectivity index (χ0v) is 12.7. The van der Waals surface area contributed by atoms with Gasteiger partial charge in [-0.05, 0) is 33.2 Å². The van der Waals surface area contributed by atoms with Gasteiger partial charge in [0.2, 0.25) is 0 Å². The van der Waals surface area contributed by atoms with Crippen LogP contribution in [-0.2, 0) is 4.74 Å². The number of carbonyl (C=O) groups excluding carboxylic acids is 1. The third-order valence-electron chi connectivity index (χ3n) is 4.28. The Labute approximate surface area is 125 Å². The van der Waals surface area contributed by atoms with E-state index >= 15 is 0 Å². The zero-order valence-electron chi connectivity index (χ0n) is 12.7. The van der Waals surface area contributed by atoms with Crippen LogP contribution in [0.1, 0.15) is 38.3 Å². The van der Waals surface area contributed by atoms with Gasteiger partial charge in [0.05, 0.1) is 18.4 Å². The maximum absolute atomic E-state index is 11.6. The number of cyclic esters (lactones) is 1. The predicted molar refractivity (Wildman–Crippen MR) is 79.4 cm³/mol. The van der Waals surface area contributed by atoms with Crippen LogP contribution in [0.15, 0.2) is 12.4 Å². The minimum atomic E-state index is -0.325. The third-order valence-corrected chi connectivity index (χ3v) is 4.28. The molecule has 2 aliphatic rings. The van der Waals surface area contributed by atoms with Gasteiger partial charge in [-0.3, -0.25) is 9.88 Å². The van der Waals surface area contributed by atoms with Gasteiger partial charge < -0.3 is 9.64 Å². The maximum Gasteiger partial charge on any atom is 0.415 e. The third kappa shape index (κ3) is 3.00. The molecule has 0 spiro atoms. The van der Waals surface area contributed by atoms with Crippen molar-refractivity contribution in [2.75, 3.05) is 31.1 Å². The lowest BCUT2D eigenvalue weighted by molar-refractivity contribution is 0.166. The van der Waals surface area contributed by atoms with E-state index in [-0.39, 0.29) is 6.09 Å². The Morgan fingerprint density at radius 3 is 2.90 bits per heavy atom. The van der Waals surface area contributed by atoms with Gasteiger partial charge in [-0.15, -0.1) is 0 Å². The van der Waals surface area contributed by atoms with Crippen molar-refractivity contribution in [3.05, 3.63) is 18.1 Å². The molecular formula is C15H22N4O2. The van der Waals surface area contributed by atoms with Crippen molar-refractivity contribution in [3.63, 3.8) is 0 Å². The van der Waals surface area contributed by atoms with E-state index in [1.54, 1.807) is 11.1 Å². The second-order valence-corrected chi connectivity index (χ2v) is 6.00. The Bertz CT molecular complexity index is 520. The number of hydrogen-bond acceptors (Lipinski definition) is 5. The molecule has 0 N–H and O–H groups in total. The zero-order chi connectivity index (χ0) is 14.8. The fourth-order valence-corrected chi connectivity index (χ4v) is 3.02. The number of carbonyl (C=O) groups is 1. The average molecular weight is 290 g/mol. The molecule has 1 amide bonds. The lowest BCUT2D eigenvalue weighted by Crippen LogP contribution is -2.39. The molecule has 3 rings (SSSR count). The second kappa shape index (κ2) is 5.97. The van der Waals surface area contributed by atoms with Crippen LogP contribution < -0.4 is 4.90 Å². The van der Waals surface area contributed by atoms with Crippen molar-refractivity contribution < 1.29 is 9.53 Å². The largest absolute Gasteiger partial charge is 0.447 e. The topological polar surface area (TPSA) is 58.6 Å². The minimum absolute atomic E-state index is 0.325. The van der Waals surface area contributed by atoms with Crippen molar-refractivity contribution in [1.82, 2.24) is 14.9 Å². The van der Waals surface area contributed by atoms with Gasteiger partial charge in [0, 0.05) is 24.7 Å². The summed E-state index contributed by atoms with van der Waals surface area (Å²) in [6.45, 7) is 7.60. The van der Waals surface area contributed by atoms with Crippen molar-refractivity contribution in [2.45, 2.75) is 38.6 Å². The Balaban J connectivity index is 1.77. The van der Waals surface area contributed by atoms with Crippen LogP contribution in [0, 0.1) is 0 Å². The number of nitrogens with zero attached hydrogens (tertiary/aromatic N) is 4. The molecule has 0 aromatic carbocycles. The summed E-state index contributed by atoms with van der Waals surface area (Å²) in [4.78, 5) is 24.6. The molecular weight excluding hydrogens is 268 g/mol. The van der Waals surface area contributed by atoms with Gasteiger partial charge in [-0.25, -0.2) is 9.78 Å². The van der Waals surface area contributed by atoms with Crippen LogP contribution in [0.2, 0.25) is 0 Å². The fourth-order valence-electron chi connectivity index (χ4n) is 3.02. The first-order valence-corrected chi connectivity index (χ1v) is 7.65. The van der Waals surface area contributed by atoms with E-state index in [1.807, 2.05) is 6.20 Å². The SMILES string of the molecule is CC(C)N1CCC[C@H](c2cncc(N3CCOC3=O)n2)C1. The highest BCUT2D eigenvalue weighted by Crippen LogP contribution is 2.27. The van der Waals surface area contributed by atoms with Gasteiger partial charge in [0.15, 0.2) is 5.82 Å². The van der Waals surface area contributed by atoms with Crippen LogP contribution >= 0.6 is 0 Å². The van der Waals surface area contributed by atoms with E-state index in [0.29, 0.717) is 30.9 Å². The molecule has 6 heteroatoms. The summed E-state index contributed by atoms with van der Waals surface area (Å²) in [7, 11) is 0. The summed E-state index contributed by atoms with van der Waals surface area (Å²) in [6.07, 6.45) is 5.46. The van der Waals surface area contributed by atoms with Gasteiger partial charge >= 0.3 is 6.09 Å². The Kier molecular flexibility index (Phi) is 4.05. The summed E-state index contributed by atoms with van der Waals surface area (Å²) < 4.78 is 4.96. The number of aromatic nitrogens is 2. The molecule has 1 aromatic heterocycles. The highest BCUT2D eigenvalue weighted by Gasteiger charge is 2.28. The monoisotopic (exact) mass is 290 g/mol. The van der Waals surface area contributed by atoms with Crippen LogP contribution in [0.25, 0.3) is 0 Å². The molecule has 1 aromatic rings. The normalized spacial score (nSPS) is 23.7. The number of hydrogen-bond donors (Lipinski definition) is 0. The molecule has 0 bridgehead atoms. The second-order valence-electron chi connectivity index (χ2n) is 6.00. The molecule has 0 unspecified atom stereocenters. The first-order chi connectivity index (χ1) is 10.1. The predicted octanol–water partition coefficient (Wildman–Crippen LogP) is 2.02. The van der Waals surface area contributed by atoms with E-state index in [1.165, 1.54) is 6.42 Å². The molecule has 0 radical (unpaired) electrons. The summed E-state index contributed by atoms with van der Waals surface area (Å²) in [6, 6.07) is 0.553. The molecule has 2 aliphatic heterocycles. The molecule has 3 heterocycles. The summed E-state index contributed by atoms with van der Waals surface area (Å²) >= 11 is 0. The lowest BCUT2D eigenvalue weighted by Gasteiger charge is -2.35. The number of ether oxygens (including phenoxy) is 1. The number of piperidine rings is 1. The van der Waals surface area contributed by atoms with E-state index in [0.717, 1.165) is 25.2 Å². The van der Waals surface area contributed by atoms with E-state index in [4.69, 9.17) is 4.74 Å². The first kappa shape index (κ1) is 14.3. The van der Waals surface area contributed by atoms with E-state index < -0.39 is 0 Å². The first-order valence-electron chi connectivity index (χ1n) is 7.65. The molecule has 114 valence electrons. The number of rotatable bonds is 3. The summed E-state index contributed by atoms with van der Waals surface area (Å²) in [5.74, 6) is 1.00. The molecule has 0 saturated carbocycles. The molecule has 1 atom stereocenters. The Hall–Kier alpha value is -1.69. The number of anilines is 1. The van der Waals surface area contributed by atoms with Crippen molar-refractivity contribution in [1.29, 1.82) is 0 Å². The quantitative estimate of drug-likeness (QED) is 0.852. The highest BCUT2D eigenvalue weighted by atomic mass is 16.6. The van der Waals surface area contributed by atoms with Gasteiger partial charge in [-0.1, -0.05) is 0 Å². The van der Waals surface area contributed by atoms with Crippen LogP contribution in [0.5, 0.6) is 0 Å². The Morgan fingerprint density at radius 1 is 1.33 bits per heavy atom. The smallest absolute Gasteiger partial charge is 0.415 e. The van der Waals surface area contributed by atoms with E-state index in [2.05, 4.69) is 28.7 Å². The molecule has 6 nitrogen and oxygen atoms in total. The van der Waals surface area contributed by atoms with Crippen LogP contribution in [0.4, 0.5) is 10.6 Å². The average Bonchev–Trinajstić information content (AvgIpc) is 2.94. The number of likely N-dealkylation sites (tertiary alicyclic amines) is 1. The van der Waals surface area contributed by atoms with Gasteiger partial charge in [0.1, 0.15) is 6.61 Å². The van der Waals surface area contributed by atoms with Crippen molar-refractivity contribution >= 4 is 11.9 Å².